The normalized spacial score (nSPS) is 19.5. The molecule has 2 aliphatic heterocycles. The molecule has 40 heavy (non-hydrogen) atoms. The van der Waals surface area contributed by atoms with Crippen LogP contribution in [-0.4, -0.2) is 88.3 Å². The molecule has 3 N–H and O–H groups in total. The molecule has 0 aromatic heterocycles. The Morgan fingerprint density at radius 2 is 1.82 bits per heavy atom. The number of ketones is 1. The number of methoxy groups -OCH3 is 1. The highest BCUT2D eigenvalue weighted by molar-refractivity contribution is 7.98. The lowest BCUT2D eigenvalue weighted by atomic mass is 10.1. The molecule has 3 rings (SSSR count). The molecule has 1 unspecified atom stereocenters. The molecule has 14 heteroatoms. The second-order valence-electron chi connectivity index (χ2n) is 8.97. The number of amides is 1. The molecular formula is C26H40ClN3O9S. The molecule has 1 aromatic rings. The number of benzene rings is 1. The van der Waals surface area contributed by atoms with Crippen molar-refractivity contribution in [3.05, 3.63) is 26.8 Å². The first-order valence-electron chi connectivity index (χ1n) is 13.4. The van der Waals surface area contributed by atoms with Crippen LogP contribution in [0.2, 0.25) is 5.02 Å². The number of hydrogen-bond acceptors (Lipinski definition) is 11. The van der Waals surface area contributed by atoms with Gasteiger partial charge in [0.1, 0.15) is 6.61 Å². The maximum absolute atomic E-state index is 12.8. The third kappa shape index (κ3) is 12.1. The molecule has 12 nitrogen and oxygen atoms in total. The van der Waals surface area contributed by atoms with Gasteiger partial charge in [0.2, 0.25) is 5.91 Å². The highest BCUT2D eigenvalue weighted by atomic mass is 35.5. The minimum Gasteiger partial charge on any atom is -0.491 e. The molecule has 2 heterocycles. The fourth-order valence-electron chi connectivity index (χ4n) is 3.83. The lowest BCUT2D eigenvalue weighted by Gasteiger charge is -2.18. The van der Waals surface area contributed by atoms with Crippen LogP contribution < -0.4 is 20.5 Å². The maximum atomic E-state index is 12.8. The zero-order chi connectivity index (χ0) is 29.2. The van der Waals surface area contributed by atoms with Crippen LogP contribution in [-0.2, 0) is 29.6 Å². The van der Waals surface area contributed by atoms with E-state index in [-0.39, 0.29) is 83.6 Å². The SMILES string of the molecule is COc1c2cc([N+](=O)[O-])c(c1Cl)CSCC(C(=O)CCCN)NC(=O)CCOCCCCCOCCOCCO2. The number of carbonyl (C=O) groups excluding carboxylic acids is 2. The minimum absolute atomic E-state index is 0.0474. The third-order valence-corrected chi connectivity index (χ3v) is 7.42. The maximum Gasteiger partial charge on any atom is 0.278 e. The lowest BCUT2D eigenvalue weighted by Crippen LogP contribution is -2.43. The van der Waals surface area contributed by atoms with Crippen molar-refractivity contribution in [2.75, 3.05) is 65.7 Å². The predicted octanol–water partition coefficient (Wildman–Crippen LogP) is 3.29. The monoisotopic (exact) mass is 605 g/mol. The zero-order valence-electron chi connectivity index (χ0n) is 23.0. The number of nitro groups is 1. The van der Waals surface area contributed by atoms with Crippen LogP contribution >= 0.6 is 23.4 Å². The first-order valence-corrected chi connectivity index (χ1v) is 14.9. The van der Waals surface area contributed by atoms with E-state index in [0.29, 0.717) is 39.4 Å². The molecule has 1 atom stereocenters. The fourth-order valence-corrected chi connectivity index (χ4v) is 5.36. The Balaban J connectivity index is 2.20. The molecule has 2 bridgehead atoms. The van der Waals surface area contributed by atoms with Gasteiger partial charge in [0, 0.05) is 37.6 Å². The number of ether oxygens (including phenoxy) is 5. The summed E-state index contributed by atoms with van der Waals surface area (Å²) in [7, 11) is 1.40. The van der Waals surface area contributed by atoms with Crippen molar-refractivity contribution in [1.29, 1.82) is 0 Å². The van der Waals surface area contributed by atoms with Crippen molar-refractivity contribution in [2.45, 2.75) is 50.3 Å². The topological polar surface area (TPSA) is 161 Å². The molecular weight excluding hydrogens is 566 g/mol. The minimum atomic E-state index is -0.777. The Bertz CT molecular complexity index is 954. The molecule has 0 saturated heterocycles. The molecule has 0 spiro atoms. The first kappa shape index (κ1) is 34.0. The number of nitrogens with zero attached hydrogens (tertiary/aromatic N) is 1. The Kier molecular flexibility index (Phi) is 16.9. The molecule has 1 aromatic carbocycles. The molecule has 0 saturated carbocycles. The average Bonchev–Trinajstić information content (AvgIpc) is 2.93. The molecule has 1 amide bonds. The van der Waals surface area contributed by atoms with Gasteiger partial charge >= 0.3 is 0 Å². The van der Waals surface area contributed by atoms with E-state index >= 15 is 0 Å². The summed E-state index contributed by atoms with van der Waals surface area (Å²) in [5, 5.41) is 14.7. The third-order valence-electron chi connectivity index (χ3n) is 5.96. The molecule has 0 fully saturated rings. The zero-order valence-corrected chi connectivity index (χ0v) is 24.5. The quantitative estimate of drug-likeness (QED) is 0.278. The van der Waals surface area contributed by atoms with Crippen molar-refractivity contribution in [1.82, 2.24) is 5.32 Å². The largest absolute Gasteiger partial charge is 0.491 e. The van der Waals surface area contributed by atoms with E-state index in [9.17, 15) is 19.7 Å². The predicted molar refractivity (Wildman–Crippen MR) is 152 cm³/mol. The van der Waals surface area contributed by atoms with Gasteiger partial charge in [0.25, 0.3) is 5.69 Å². The van der Waals surface area contributed by atoms with Gasteiger partial charge in [-0.25, -0.2) is 0 Å². The van der Waals surface area contributed by atoms with Gasteiger partial charge in [-0.05, 0) is 32.2 Å². The van der Waals surface area contributed by atoms with Gasteiger partial charge in [0.15, 0.2) is 17.3 Å². The Labute approximate surface area is 244 Å². The van der Waals surface area contributed by atoms with E-state index in [2.05, 4.69) is 5.32 Å². The number of nitro benzene ring substituents is 1. The Morgan fingerprint density at radius 3 is 2.50 bits per heavy atom. The van der Waals surface area contributed by atoms with E-state index in [4.69, 9.17) is 41.0 Å². The van der Waals surface area contributed by atoms with Crippen LogP contribution in [0.25, 0.3) is 0 Å². The van der Waals surface area contributed by atoms with E-state index in [1.54, 1.807) is 0 Å². The summed E-state index contributed by atoms with van der Waals surface area (Å²) in [6, 6.07) is 0.498. The number of thioether (sulfide) groups is 1. The molecule has 0 aliphatic carbocycles. The average molecular weight is 606 g/mol. The van der Waals surface area contributed by atoms with Crippen molar-refractivity contribution in [3.63, 3.8) is 0 Å². The second-order valence-corrected chi connectivity index (χ2v) is 10.4. The number of halogens is 1. The summed E-state index contributed by atoms with van der Waals surface area (Å²) in [5.41, 5.74) is 5.55. The van der Waals surface area contributed by atoms with Crippen LogP contribution in [0.3, 0.4) is 0 Å². The standard InChI is InChI=1S/C26H40ClN3O9S/c1-35-26-23-16-21(30(33)34)19(25(26)27)17-40-18-20(22(31)6-5-8-28)29-24(32)7-11-36-9-3-2-4-10-37-12-13-38-14-15-39-23/h16,20H,2-15,17-18,28H2,1H3,(H,29,32). The van der Waals surface area contributed by atoms with E-state index in [0.717, 1.165) is 19.3 Å². The summed E-state index contributed by atoms with van der Waals surface area (Å²) in [4.78, 5) is 36.7. The number of carbonyl (C=O) groups is 2. The number of fused-ring (bicyclic) bond motifs is 22. The summed E-state index contributed by atoms with van der Waals surface area (Å²) in [5.74, 6) is 0.136. The van der Waals surface area contributed by atoms with Crippen molar-refractivity contribution in [3.8, 4) is 11.5 Å². The van der Waals surface area contributed by atoms with Gasteiger partial charge in [-0.3, -0.25) is 19.7 Å². The number of Topliss-reactive ketones (excluding diaryl/α,β-unsaturated/α-hetero) is 1. The highest BCUT2D eigenvalue weighted by Gasteiger charge is 2.27. The number of hydrogen-bond donors (Lipinski definition) is 2. The van der Waals surface area contributed by atoms with Crippen LogP contribution in [0.1, 0.15) is 44.1 Å². The highest BCUT2D eigenvalue weighted by Crippen LogP contribution is 2.44. The fraction of sp³-hybridized carbons (Fsp3) is 0.692. The van der Waals surface area contributed by atoms with E-state index in [1.807, 2.05) is 0 Å². The van der Waals surface area contributed by atoms with Crippen LogP contribution in [0.5, 0.6) is 11.5 Å². The van der Waals surface area contributed by atoms with Gasteiger partial charge < -0.3 is 34.7 Å². The molecule has 226 valence electrons. The molecule has 2 aliphatic rings. The van der Waals surface area contributed by atoms with E-state index in [1.165, 1.54) is 24.9 Å². The first-order chi connectivity index (χ1) is 19.4. The Hall–Kier alpha value is -2.16. The van der Waals surface area contributed by atoms with E-state index < -0.39 is 11.0 Å². The van der Waals surface area contributed by atoms with Gasteiger partial charge in [-0.15, -0.1) is 0 Å². The van der Waals surface area contributed by atoms with Crippen LogP contribution in [0.4, 0.5) is 5.69 Å². The number of rotatable bonds is 6. The van der Waals surface area contributed by atoms with Crippen molar-refractivity contribution < 1.29 is 38.2 Å². The Morgan fingerprint density at radius 1 is 1.15 bits per heavy atom. The lowest BCUT2D eigenvalue weighted by molar-refractivity contribution is -0.385. The summed E-state index contributed by atoms with van der Waals surface area (Å²) >= 11 is 7.79. The second kappa shape index (κ2) is 19.8. The van der Waals surface area contributed by atoms with Crippen LogP contribution in [0.15, 0.2) is 6.07 Å². The summed E-state index contributed by atoms with van der Waals surface area (Å²) in [6.07, 6.45) is 3.49. The van der Waals surface area contributed by atoms with Crippen molar-refractivity contribution >= 4 is 40.7 Å². The van der Waals surface area contributed by atoms with Gasteiger partial charge in [0.05, 0.1) is 61.2 Å². The summed E-state index contributed by atoms with van der Waals surface area (Å²) < 4.78 is 27.7. The van der Waals surface area contributed by atoms with Gasteiger partial charge in [-0.2, -0.15) is 11.8 Å². The summed E-state index contributed by atoms with van der Waals surface area (Å²) in [6.45, 7) is 2.93. The van der Waals surface area contributed by atoms with Crippen LogP contribution in [0, 0.1) is 10.1 Å². The smallest absolute Gasteiger partial charge is 0.278 e. The van der Waals surface area contributed by atoms with Gasteiger partial charge in [-0.1, -0.05) is 11.6 Å². The number of nitrogens with one attached hydrogen (secondary N) is 1. The number of nitrogens with two attached hydrogens (primary N) is 1. The van der Waals surface area contributed by atoms with Crippen molar-refractivity contribution in [2.24, 2.45) is 5.73 Å². The molecule has 0 radical (unpaired) electrons.